The van der Waals surface area contributed by atoms with Crippen LogP contribution in [0.1, 0.15) is 5.69 Å². The monoisotopic (exact) mass is 350 g/mol. The van der Waals surface area contributed by atoms with Crippen LogP contribution in [0, 0.1) is 3.57 Å². The number of aromatic nitrogens is 4. The number of nitrogens with two attached hydrogens (primary N) is 1. The topological polar surface area (TPSA) is 98.7 Å². The number of hydrazine groups is 1. The van der Waals surface area contributed by atoms with Crippen LogP contribution in [0.25, 0.3) is 0 Å². The molecule has 0 aliphatic carbocycles. The molecule has 16 heavy (non-hydrogen) atoms. The Morgan fingerprint density at radius 1 is 1.62 bits per heavy atom. The summed E-state index contributed by atoms with van der Waals surface area (Å²) in [6.07, 6.45) is 2.98. The highest BCUT2D eigenvalue weighted by atomic mass is 127. The number of nitrogens with zero attached hydrogens (tertiary/aromatic N) is 4. The molecule has 0 spiro atoms. The van der Waals surface area contributed by atoms with Crippen molar-refractivity contribution in [3.63, 3.8) is 0 Å². The molecule has 2 rings (SSSR count). The van der Waals surface area contributed by atoms with E-state index >= 15 is 0 Å². The Labute approximate surface area is 108 Å². The van der Waals surface area contributed by atoms with Crippen molar-refractivity contribution in [1.82, 2.24) is 19.1 Å². The van der Waals surface area contributed by atoms with Crippen LogP contribution >= 0.6 is 34.1 Å². The van der Waals surface area contributed by atoms with Gasteiger partial charge in [-0.15, -0.1) is 5.10 Å². The lowest BCUT2D eigenvalue weighted by molar-refractivity contribution is 0.711. The standard InChI is InChI=1S/C7H7IN6OS/c8-4-1-10-3-14(7(4)15)2-5-6(11-9)16-13-12-5/h1,3,11H,2,9H2. The highest BCUT2D eigenvalue weighted by Gasteiger charge is 2.09. The molecule has 0 aliphatic heterocycles. The SMILES string of the molecule is NNc1snnc1Cn1cncc(I)c1=O. The minimum Gasteiger partial charge on any atom is -0.313 e. The van der Waals surface area contributed by atoms with Crippen molar-refractivity contribution in [2.24, 2.45) is 5.84 Å². The van der Waals surface area contributed by atoms with E-state index in [1.165, 1.54) is 17.1 Å². The summed E-state index contributed by atoms with van der Waals surface area (Å²) in [5.74, 6) is 5.29. The van der Waals surface area contributed by atoms with Gasteiger partial charge in [-0.2, -0.15) is 0 Å². The number of anilines is 1. The van der Waals surface area contributed by atoms with Crippen molar-refractivity contribution in [2.45, 2.75) is 6.54 Å². The van der Waals surface area contributed by atoms with Gasteiger partial charge in [0.2, 0.25) is 0 Å². The summed E-state index contributed by atoms with van der Waals surface area (Å²) >= 11 is 3.08. The first kappa shape index (κ1) is 11.4. The minimum atomic E-state index is -0.105. The molecule has 9 heteroatoms. The first-order valence-electron chi connectivity index (χ1n) is 4.20. The lowest BCUT2D eigenvalue weighted by atomic mass is 10.4. The Morgan fingerprint density at radius 2 is 2.44 bits per heavy atom. The maximum atomic E-state index is 11.7. The number of nitrogens with one attached hydrogen (secondary N) is 1. The molecule has 7 nitrogen and oxygen atoms in total. The molecular weight excluding hydrogens is 343 g/mol. The number of rotatable bonds is 3. The van der Waals surface area contributed by atoms with Gasteiger partial charge in [0.15, 0.2) is 0 Å². The van der Waals surface area contributed by atoms with Crippen LogP contribution in [0.4, 0.5) is 5.00 Å². The summed E-state index contributed by atoms with van der Waals surface area (Å²) in [5.41, 5.74) is 3.00. The molecule has 0 aliphatic rings. The smallest absolute Gasteiger partial charge is 0.267 e. The highest BCUT2D eigenvalue weighted by molar-refractivity contribution is 14.1. The predicted octanol–water partition coefficient (Wildman–Crippen LogP) is 0.0333. The molecule has 84 valence electrons. The Hall–Kier alpha value is -1.07. The van der Waals surface area contributed by atoms with Crippen molar-refractivity contribution in [2.75, 3.05) is 5.43 Å². The Kier molecular flexibility index (Phi) is 3.46. The quantitative estimate of drug-likeness (QED) is 0.461. The van der Waals surface area contributed by atoms with Crippen LogP contribution in [0.15, 0.2) is 17.3 Å². The van der Waals surface area contributed by atoms with E-state index in [1.807, 2.05) is 22.6 Å². The molecule has 0 unspecified atom stereocenters. The minimum absolute atomic E-state index is 0.105. The normalized spacial score (nSPS) is 10.4. The summed E-state index contributed by atoms with van der Waals surface area (Å²) in [4.78, 5) is 15.7. The van der Waals surface area contributed by atoms with E-state index in [-0.39, 0.29) is 5.56 Å². The highest BCUT2D eigenvalue weighted by Crippen LogP contribution is 2.16. The van der Waals surface area contributed by atoms with E-state index in [0.29, 0.717) is 20.8 Å². The average Bonchev–Trinajstić information content (AvgIpc) is 2.72. The Balaban J connectivity index is 2.34. The second kappa shape index (κ2) is 4.84. The van der Waals surface area contributed by atoms with Crippen LogP contribution in [0.2, 0.25) is 0 Å². The van der Waals surface area contributed by atoms with Crippen LogP contribution < -0.4 is 16.8 Å². The number of nitrogen functional groups attached to an aromatic ring is 1. The molecule has 2 heterocycles. The van der Waals surface area contributed by atoms with Crippen molar-refractivity contribution < 1.29 is 0 Å². The third-order valence-corrected chi connectivity index (χ3v) is 3.31. The molecule has 0 saturated carbocycles. The largest absolute Gasteiger partial charge is 0.313 e. The summed E-state index contributed by atoms with van der Waals surface area (Å²) in [6, 6.07) is 0. The summed E-state index contributed by atoms with van der Waals surface area (Å²) in [5, 5.41) is 4.53. The fourth-order valence-corrected chi connectivity index (χ4v) is 2.07. The van der Waals surface area contributed by atoms with Gasteiger partial charge in [0, 0.05) is 17.7 Å². The molecule has 2 aromatic heterocycles. The van der Waals surface area contributed by atoms with Crippen LogP contribution in [-0.2, 0) is 6.54 Å². The van der Waals surface area contributed by atoms with Gasteiger partial charge < -0.3 is 5.43 Å². The second-order valence-electron chi connectivity index (χ2n) is 2.87. The van der Waals surface area contributed by atoms with Crippen molar-refractivity contribution >= 4 is 39.1 Å². The Bertz CT molecular complexity index is 552. The molecule has 0 saturated heterocycles. The van der Waals surface area contributed by atoms with Gasteiger partial charge >= 0.3 is 0 Å². The zero-order valence-corrected chi connectivity index (χ0v) is 10.9. The van der Waals surface area contributed by atoms with Gasteiger partial charge in [-0.05, 0) is 22.6 Å². The third kappa shape index (κ3) is 2.20. The van der Waals surface area contributed by atoms with Gasteiger partial charge in [-0.1, -0.05) is 4.49 Å². The van der Waals surface area contributed by atoms with Gasteiger partial charge in [-0.3, -0.25) is 9.36 Å². The lowest BCUT2D eigenvalue weighted by Crippen LogP contribution is -2.23. The van der Waals surface area contributed by atoms with E-state index in [1.54, 1.807) is 0 Å². The number of hydrogen-bond donors (Lipinski definition) is 2. The van der Waals surface area contributed by atoms with Gasteiger partial charge in [-0.25, -0.2) is 10.8 Å². The van der Waals surface area contributed by atoms with Gasteiger partial charge in [0.25, 0.3) is 5.56 Å². The molecule has 0 aromatic carbocycles. The molecule has 3 N–H and O–H groups in total. The molecule has 0 amide bonds. The first-order valence-corrected chi connectivity index (χ1v) is 6.05. The number of hydrogen-bond acceptors (Lipinski definition) is 7. The molecule has 2 aromatic rings. The van der Waals surface area contributed by atoms with E-state index in [2.05, 4.69) is 20.0 Å². The first-order chi connectivity index (χ1) is 7.72. The maximum absolute atomic E-state index is 11.7. The van der Waals surface area contributed by atoms with E-state index in [4.69, 9.17) is 5.84 Å². The van der Waals surface area contributed by atoms with Gasteiger partial charge in [0.1, 0.15) is 10.7 Å². The molecular formula is C7H7IN6OS. The van der Waals surface area contributed by atoms with Crippen LogP contribution in [0.3, 0.4) is 0 Å². The Morgan fingerprint density at radius 3 is 3.19 bits per heavy atom. The average molecular weight is 350 g/mol. The third-order valence-electron chi connectivity index (χ3n) is 1.87. The molecule has 0 bridgehead atoms. The molecule has 0 fully saturated rings. The zero-order chi connectivity index (χ0) is 11.5. The second-order valence-corrected chi connectivity index (χ2v) is 4.78. The zero-order valence-electron chi connectivity index (χ0n) is 7.92. The molecule has 0 atom stereocenters. The van der Waals surface area contributed by atoms with Crippen LogP contribution in [0.5, 0.6) is 0 Å². The van der Waals surface area contributed by atoms with E-state index < -0.39 is 0 Å². The van der Waals surface area contributed by atoms with Gasteiger partial charge in [0.05, 0.1) is 16.4 Å². The van der Waals surface area contributed by atoms with Crippen molar-refractivity contribution in [1.29, 1.82) is 0 Å². The van der Waals surface area contributed by atoms with E-state index in [0.717, 1.165) is 11.5 Å². The lowest BCUT2D eigenvalue weighted by Gasteiger charge is -2.03. The maximum Gasteiger partial charge on any atom is 0.267 e. The summed E-state index contributed by atoms with van der Waals surface area (Å²) in [7, 11) is 0. The van der Waals surface area contributed by atoms with Crippen molar-refractivity contribution in [3.05, 3.63) is 32.1 Å². The predicted molar refractivity (Wildman–Crippen MR) is 68.0 cm³/mol. The summed E-state index contributed by atoms with van der Waals surface area (Å²) in [6.45, 7) is 0.304. The van der Waals surface area contributed by atoms with E-state index in [9.17, 15) is 4.79 Å². The summed E-state index contributed by atoms with van der Waals surface area (Å²) < 4.78 is 5.77. The van der Waals surface area contributed by atoms with Crippen LogP contribution in [-0.4, -0.2) is 19.1 Å². The fraction of sp³-hybridized carbons (Fsp3) is 0.143. The number of halogens is 1. The van der Waals surface area contributed by atoms with Crippen molar-refractivity contribution in [3.8, 4) is 0 Å². The fourth-order valence-electron chi connectivity index (χ4n) is 1.12. The molecule has 0 radical (unpaired) electrons.